The number of rotatable bonds is 5. The molecule has 0 saturated heterocycles. The van der Waals surface area contributed by atoms with Crippen molar-refractivity contribution in [2.24, 2.45) is 11.1 Å². The van der Waals surface area contributed by atoms with E-state index in [0.717, 1.165) is 0 Å². The quantitative estimate of drug-likeness (QED) is 0.880. The van der Waals surface area contributed by atoms with Crippen LogP contribution in [0.1, 0.15) is 31.1 Å². The van der Waals surface area contributed by atoms with Crippen LogP contribution in [0.3, 0.4) is 0 Å². The van der Waals surface area contributed by atoms with Crippen LogP contribution >= 0.6 is 0 Å². The third-order valence-corrected chi connectivity index (χ3v) is 2.61. The molecular formula is C14H19NO4. The van der Waals surface area contributed by atoms with E-state index in [1.807, 2.05) is 20.8 Å². The lowest BCUT2D eigenvalue weighted by molar-refractivity contribution is -0.128. The van der Waals surface area contributed by atoms with Gasteiger partial charge in [-0.2, -0.15) is 0 Å². The average Bonchev–Trinajstić information content (AvgIpc) is 2.34. The van der Waals surface area contributed by atoms with Crippen LogP contribution in [0.25, 0.3) is 0 Å². The molecule has 0 aromatic heterocycles. The number of amides is 1. The van der Waals surface area contributed by atoms with Crippen LogP contribution in [-0.2, 0) is 4.79 Å². The van der Waals surface area contributed by atoms with E-state index in [2.05, 4.69) is 0 Å². The van der Waals surface area contributed by atoms with Gasteiger partial charge in [0.25, 0.3) is 0 Å². The van der Waals surface area contributed by atoms with E-state index in [9.17, 15) is 9.59 Å². The second kappa shape index (κ2) is 5.73. The van der Waals surface area contributed by atoms with Crippen molar-refractivity contribution in [3.05, 3.63) is 23.8 Å². The first-order chi connectivity index (χ1) is 8.74. The first-order valence-corrected chi connectivity index (χ1v) is 5.89. The fourth-order valence-corrected chi connectivity index (χ4v) is 1.28. The Hall–Kier alpha value is -2.04. The van der Waals surface area contributed by atoms with Gasteiger partial charge in [-0.15, -0.1) is 0 Å². The van der Waals surface area contributed by atoms with Crippen molar-refractivity contribution >= 4 is 11.7 Å². The molecule has 5 nitrogen and oxygen atoms in total. The van der Waals surface area contributed by atoms with Gasteiger partial charge in [-0.05, 0) is 12.1 Å². The number of hydrogen-bond donors (Lipinski definition) is 1. The number of carbonyl (C=O) groups is 2. The maximum atomic E-state index is 11.8. The number of Topliss-reactive ketones (excluding diaryl/α,β-unsaturated/α-hetero) is 1. The Kier molecular flexibility index (Phi) is 4.53. The molecule has 1 amide bonds. The van der Waals surface area contributed by atoms with E-state index < -0.39 is 11.3 Å². The highest BCUT2D eigenvalue weighted by Crippen LogP contribution is 2.23. The topological polar surface area (TPSA) is 78.6 Å². The van der Waals surface area contributed by atoms with Gasteiger partial charge in [-0.1, -0.05) is 20.8 Å². The van der Waals surface area contributed by atoms with Crippen LogP contribution in [-0.4, -0.2) is 25.4 Å². The molecule has 0 heterocycles. The Morgan fingerprint density at radius 2 is 1.74 bits per heavy atom. The van der Waals surface area contributed by atoms with Crippen LogP contribution < -0.4 is 15.2 Å². The minimum absolute atomic E-state index is 0.0315. The standard InChI is InChI=1S/C14H19NO4/c1-14(2,3)12(16)8-19-11-6-9(13(15)17)5-10(7-11)18-4/h5-7H,8H2,1-4H3,(H2,15,17). The average molecular weight is 265 g/mol. The molecule has 1 aromatic rings. The van der Waals surface area contributed by atoms with Crippen LogP contribution in [0.15, 0.2) is 18.2 Å². The molecule has 0 fully saturated rings. The van der Waals surface area contributed by atoms with E-state index >= 15 is 0 Å². The van der Waals surface area contributed by atoms with E-state index in [1.165, 1.54) is 19.2 Å². The number of benzene rings is 1. The van der Waals surface area contributed by atoms with Crippen molar-refractivity contribution in [1.29, 1.82) is 0 Å². The SMILES string of the molecule is COc1cc(OCC(=O)C(C)(C)C)cc(C(N)=O)c1. The fraction of sp³-hybridized carbons (Fsp3) is 0.429. The van der Waals surface area contributed by atoms with E-state index in [1.54, 1.807) is 6.07 Å². The minimum Gasteiger partial charge on any atom is -0.497 e. The van der Waals surface area contributed by atoms with Gasteiger partial charge < -0.3 is 15.2 Å². The summed E-state index contributed by atoms with van der Waals surface area (Å²) in [6.07, 6.45) is 0. The normalized spacial score (nSPS) is 10.9. The molecule has 19 heavy (non-hydrogen) atoms. The maximum Gasteiger partial charge on any atom is 0.248 e. The summed E-state index contributed by atoms with van der Waals surface area (Å²) in [6, 6.07) is 4.60. The monoisotopic (exact) mass is 265 g/mol. The number of primary amides is 1. The smallest absolute Gasteiger partial charge is 0.248 e. The van der Waals surface area contributed by atoms with Crippen molar-refractivity contribution in [2.75, 3.05) is 13.7 Å². The molecule has 5 heteroatoms. The molecule has 1 aromatic carbocycles. The number of carbonyl (C=O) groups excluding carboxylic acids is 2. The third-order valence-electron chi connectivity index (χ3n) is 2.61. The molecule has 0 spiro atoms. The summed E-state index contributed by atoms with van der Waals surface area (Å²) in [5.41, 5.74) is 5.02. The van der Waals surface area contributed by atoms with Crippen molar-refractivity contribution in [2.45, 2.75) is 20.8 Å². The van der Waals surface area contributed by atoms with Crippen molar-refractivity contribution < 1.29 is 19.1 Å². The van der Waals surface area contributed by atoms with Gasteiger partial charge in [0.1, 0.15) is 18.1 Å². The predicted molar refractivity (Wildman–Crippen MR) is 71.5 cm³/mol. The lowest BCUT2D eigenvalue weighted by Crippen LogP contribution is -2.26. The summed E-state index contributed by atoms with van der Waals surface area (Å²) in [7, 11) is 1.48. The number of nitrogens with two attached hydrogens (primary N) is 1. The zero-order chi connectivity index (χ0) is 14.6. The van der Waals surface area contributed by atoms with Crippen molar-refractivity contribution in [1.82, 2.24) is 0 Å². The number of hydrogen-bond acceptors (Lipinski definition) is 4. The van der Waals surface area contributed by atoms with E-state index in [4.69, 9.17) is 15.2 Å². The largest absolute Gasteiger partial charge is 0.497 e. The van der Waals surface area contributed by atoms with Gasteiger partial charge in [0.2, 0.25) is 5.91 Å². The van der Waals surface area contributed by atoms with Crippen LogP contribution in [0.2, 0.25) is 0 Å². The zero-order valence-electron chi connectivity index (χ0n) is 11.6. The Balaban J connectivity index is 2.86. The van der Waals surface area contributed by atoms with Gasteiger partial charge in [0, 0.05) is 17.0 Å². The summed E-state index contributed by atoms with van der Waals surface area (Å²) in [6.45, 7) is 5.40. The minimum atomic E-state index is -0.578. The first-order valence-electron chi connectivity index (χ1n) is 5.89. The molecular weight excluding hydrogens is 246 g/mol. The van der Waals surface area contributed by atoms with Crippen LogP contribution in [0.4, 0.5) is 0 Å². The molecule has 0 aliphatic rings. The second-order valence-electron chi connectivity index (χ2n) is 5.22. The fourth-order valence-electron chi connectivity index (χ4n) is 1.28. The lowest BCUT2D eigenvalue weighted by Gasteiger charge is -2.17. The molecule has 0 bridgehead atoms. The Bertz CT molecular complexity index is 489. The van der Waals surface area contributed by atoms with Gasteiger partial charge >= 0.3 is 0 Å². The van der Waals surface area contributed by atoms with Gasteiger partial charge in [-0.25, -0.2) is 0 Å². The molecule has 104 valence electrons. The third kappa shape index (κ3) is 4.28. The number of ether oxygens (including phenoxy) is 2. The molecule has 0 saturated carbocycles. The second-order valence-corrected chi connectivity index (χ2v) is 5.22. The van der Waals surface area contributed by atoms with Crippen molar-refractivity contribution in [3.63, 3.8) is 0 Å². The molecule has 0 aliphatic heterocycles. The summed E-state index contributed by atoms with van der Waals surface area (Å²) in [5, 5.41) is 0. The predicted octanol–water partition coefficient (Wildman–Crippen LogP) is 1.79. The molecule has 1 rings (SSSR count). The van der Waals surface area contributed by atoms with E-state index in [-0.39, 0.29) is 18.0 Å². The van der Waals surface area contributed by atoms with Gasteiger partial charge in [0.05, 0.1) is 7.11 Å². The molecule has 0 unspecified atom stereocenters. The van der Waals surface area contributed by atoms with Crippen LogP contribution in [0.5, 0.6) is 11.5 Å². The summed E-state index contributed by atoms with van der Waals surface area (Å²) < 4.78 is 10.4. The lowest BCUT2D eigenvalue weighted by atomic mass is 9.91. The molecule has 0 atom stereocenters. The highest BCUT2D eigenvalue weighted by Gasteiger charge is 2.21. The highest BCUT2D eigenvalue weighted by molar-refractivity contribution is 5.93. The van der Waals surface area contributed by atoms with E-state index in [0.29, 0.717) is 11.5 Å². The van der Waals surface area contributed by atoms with Gasteiger partial charge in [0.15, 0.2) is 5.78 Å². The molecule has 2 N–H and O–H groups in total. The van der Waals surface area contributed by atoms with Crippen molar-refractivity contribution in [3.8, 4) is 11.5 Å². The van der Waals surface area contributed by atoms with Gasteiger partial charge in [-0.3, -0.25) is 9.59 Å². The van der Waals surface area contributed by atoms with Crippen LogP contribution in [0, 0.1) is 5.41 Å². The number of methoxy groups -OCH3 is 1. The molecule has 0 aliphatic carbocycles. The maximum absolute atomic E-state index is 11.8. The number of ketones is 1. The summed E-state index contributed by atoms with van der Waals surface area (Å²) in [5.74, 6) is 0.224. The Morgan fingerprint density at radius 3 is 2.21 bits per heavy atom. The summed E-state index contributed by atoms with van der Waals surface area (Å²) >= 11 is 0. The highest BCUT2D eigenvalue weighted by atomic mass is 16.5. The molecule has 0 radical (unpaired) electrons. The zero-order valence-corrected chi connectivity index (χ0v) is 11.6. The Labute approximate surface area is 112 Å². The Morgan fingerprint density at radius 1 is 1.16 bits per heavy atom. The summed E-state index contributed by atoms with van der Waals surface area (Å²) in [4.78, 5) is 22.9. The first kappa shape index (κ1) is 15.0.